The van der Waals surface area contributed by atoms with Crippen LogP contribution in [0.15, 0.2) is 97.1 Å². The van der Waals surface area contributed by atoms with Crippen LogP contribution in [0.4, 0.5) is 11.4 Å². The first-order valence-electron chi connectivity index (χ1n) is 13.9. The van der Waals surface area contributed by atoms with Gasteiger partial charge in [0, 0.05) is 37.8 Å². The number of anilines is 2. The number of nitrogens with one attached hydrogen (secondary N) is 2. The molecule has 0 bridgehead atoms. The van der Waals surface area contributed by atoms with Gasteiger partial charge < -0.3 is 20.8 Å². The molecule has 4 N–H and O–H groups in total. The van der Waals surface area contributed by atoms with Crippen molar-refractivity contribution in [3.05, 3.63) is 129 Å². The van der Waals surface area contributed by atoms with E-state index in [0.717, 1.165) is 16.2 Å². The fourth-order valence-electron chi connectivity index (χ4n) is 6.19. The van der Waals surface area contributed by atoms with E-state index in [1.165, 1.54) is 30.3 Å². The fraction of sp³-hybridized carbons (Fsp3) is 0. The largest absolute Gasteiger partial charge is 0.478 e. The predicted octanol–water partition coefficient (Wildman–Crippen LogP) is 8.94. The zero-order valence-electron chi connectivity index (χ0n) is 23.5. The molecule has 0 radical (unpaired) electrons. The van der Waals surface area contributed by atoms with E-state index in [4.69, 9.17) is 23.2 Å². The maximum atomic E-state index is 14.2. The van der Waals surface area contributed by atoms with E-state index in [2.05, 4.69) is 10.6 Å². The highest BCUT2D eigenvalue weighted by Crippen LogP contribution is 2.45. The molecule has 0 saturated heterocycles. The van der Waals surface area contributed by atoms with E-state index in [0.29, 0.717) is 26.5 Å². The van der Waals surface area contributed by atoms with Gasteiger partial charge in [0.2, 0.25) is 0 Å². The Morgan fingerprint density at radius 1 is 0.478 bits per heavy atom. The maximum Gasteiger partial charge on any atom is 0.337 e. The number of carboxylic acids is 2. The lowest BCUT2D eigenvalue weighted by molar-refractivity contribution is 0.0651. The van der Waals surface area contributed by atoms with Crippen LogP contribution in [0.25, 0.3) is 43.1 Å². The molecule has 7 aromatic rings. The molecule has 0 atom stereocenters. The van der Waals surface area contributed by atoms with Gasteiger partial charge in [-0.1, -0.05) is 65.7 Å². The van der Waals surface area contributed by atoms with Crippen LogP contribution in [-0.2, 0) is 0 Å². The highest BCUT2D eigenvalue weighted by Gasteiger charge is 2.34. The number of fused-ring (bicyclic) bond motifs is 2. The third-order valence-corrected chi connectivity index (χ3v) is 8.53. The SMILES string of the molecule is O=C(O)c1c(C(=O)Nc2ccc(Cl)cc2)c2c(C(=O)Nc3ccc(Cl)cc3)ccc3c4cccc5cccc(c(c1C(=O)O)c23)c54. The first-order chi connectivity index (χ1) is 22.1. The van der Waals surface area contributed by atoms with Gasteiger partial charge in [0.15, 0.2) is 0 Å². The molecular formula is C36H20Cl2N2O6. The summed E-state index contributed by atoms with van der Waals surface area (Å²) in [5.41, 5.74) is -1.10. The fourth-order valence-corrected chi connectivity index (χ4v) is 6.44. The second-order valence-corrected chi connectivity index (χ2v) is 11.5. The Morgan fingerprint density at radius 3 is 1.57 bits per heavy atom. The van der Waals surface area contributed by atoms with Gasteiger partial charge in [-0.25, -0.2) is 9.59 Å². The van der Waals surface area contributed by atoms with Crippen molar-refractivity contribution in [2.75, 3.05) is 10.6 Å². The molecule has 0 aliphatic heterocycles. The summed E-state index contributed by atoms with van der Waals surface area (Å²) < 4.78 is 0. The third-order valence-electron chi connectivity index (χ3n) is 8.02. The number of hydrogen-bond donors (Lipinski definition) is 4. The van der Waals surface area contributed by atoms with Crippen molar-refractivity contribution in [3.8, 4) is 0 Å². The minimum atomic E-state index is -1.64. The summed E-state index contributed by atoms with van der Waals surface area (Å²) in [5, 5.41) is 31.3. The van der Waals surface area contributed by atoms with E-state index in [-0.39, 0.29) is 27.4 Å². The number of carboxylic acid groups (broad SMARTS) is 2. The van der Waals surface area contributed by atoms with Crippen LogP contribution < -0.4 is 10.6 Å². The number of benzene rings is 7. The van der Waals surface area contributed by atoms with Crippen molar-refractivity contribution >= 4 is 101 Å². The Hall–Kier alpha value is -5.70. The second kappa shape index (κ2) is 11.0. The average Bonchev–Trinajstić information content (AvgIpc) is 3.04. The van der Waals surface area contributed by atoms with Crippen LogP contribution in [0.2, 0.25) is 10.0 Å². The number of hydrogen-bond acceptors (Lipinski definition) is 4. The van der Waals surface area contributed by atoms with Gasteiger partial charge in [-0.3, -0.25) is 9.59 Å². The Balaban J connectivity index is 1.66. The molecular weight excluding hydrogens is 627 g/mol. The smallest absolute Gasteiger partial charge is 0.337 e. The summed E-state index contributed by atoms with van der Waals surface area (Å²) in [6.07, 6.45) is 0. The van der Waals surface area contributed by atoms with Crippen molar-refractivity contribution in [1.29, 1.82) is 0 Å². The topological polar surface area (TPSA) is 133 Å². The Morgan fingerprint density at radius 2 is 1.00 bits per heavy atom. The molecule has 7 rings (SSSR count). The van der Waals surface area contributed by atoms with Crippen molar-refractivity contribution < 1.29 is 29.4 Å². The Kier molecular flexibility index (Phi) is 6.96. The van der Waals surface area contributed by atoms with Gasteiger partial charge in [-0.05, 0) is 86.9 Å². The molecule has 0 spiro atoms. The highest BCUT2D eigenvalue weighted by molar-refractivity contribution is 6.41. The van der Waals surface area contributed by atoms with E-state index >= 15 is 0 Å². The lowest BCUT2D eigenvalue weighted by Gasteiger charge is -2.22. The number of rotatable bonds is 6. The summed E-state index contributed by atoms with van der Waals surface area (Å²) in [4.78, 5) is 54.4. The number of aromatic carboxylic acids is 2. The van der Waals surface area contributed by atoms with Crippen LogP contribution >= 0.6 is 23.2 Å². The third kappa shape index (κ3) is 4.63. The zero-order chi connectivity index (χ0) is 32.3. The van der Waals surface area contributed by atoms with Gasteiger partial charge >= 0.3 is 11.9 Å². The van der Waals surface area contributed by atoms with E-state index in [9.17, 15) is 29.4 Å². The average molecular weight is 647 g/mol. The molecule has 2 amide bonds. The quantitative estimate of drug-likeness (QED) is 0.105. The Bertz CT molecular complexity index is 2420. The lowest BCUT2D eigenvalue weighted by Crippen LogP contribution is -2.23. The lowest BCUT2D eigenvalue weighted by atomic mass is 9.81. The maximum absolute atomic E-state index is 14.2. The van der Waals surface area contributed by atoms with Crippen molar-refractivity contribution in [3.63, 3.8) is 0 Å². The summed E-state index contributed by atoms with van der Waals surface area (Å²) in [6.45, 7) is 0. The molecule has 0 unspecified atom stereocenters. The van der Waals surface area contributed by atoms with Gasteiger partial charge in [-0.2, -0.15) is 0 Å². The number of carbonyl (C=O) groups excluding carboxylic acids is 2. The first-order valence-corrected chi connectivity index (χ1v) is 14.7. The standard InChI is InChI=1S/C36H20Cl2N2O6/c37-18-7-11-20(12-8-18)39-33(41)25-16-15-23-22-5-1-3-17-4-2-6-24(26(17)22)28-27(23)29(25)30(32(36(45)46)31(28)35(43)44)34(42)40-21-13-9-19(38)10-14-21/h1-16H,(H,39,41)(H,40,42)(H,43,44)(H,45,46). The normalized spacial score (nSPS) is 11.3. The van der Waals surface area contributed by atoms with Gasteiger partial charge in [0.1, 0.15) is 0 Å². The Labute approximate surface area is 270 Å². The molecule has 0 aromatic heterocycles. The molecule has 0 aliphatic rings. The minimum Gasteiger partial charge on any atom is -0.478 e. The number of amides is 2. The minimum absolute atomic E-state index is 0.000617. The molecule has 8 nitrogen and oxygen atoms in total. The van der Waals surface area contributed by atoms with Crippen molar-refractivity contribution in [2.45, 2.75) is 0 Å². The molecule has 224 valence electrons. The first kappa shape index (κ1) is 29.0. The molecule has 0 heterocycles. The van der Waals surface area contributed by atoms with Gasteiger partial charge in [0.05, 0.1) is 16.7 Å². The van der Waals surface area contributed by atoms with Crippen molar-refractivity contribution in [1.82, 2.24) is 0 Å². The zero-order valence-corrected chi connectivity index (χ0v) is 25.0. The monoisotopic (exact) mass is 646 g/mol. The number of carbonyl (C=O) groups is 4. The van der Waals surface area contributed by atoms with Crippen LogP contribution in [0.5, 0.6) is 0 Å². The second-order valence-electron chi connectivity index (χ2n) is 10.7. The van der Waals surface area contributed by atoms with E-state index in [1.54, 1.807) is 42.5 Å². The highest BCUT2D eigenvalue weighted by atomic mass is 35.5. The molecule has 0 saturated carbocycles. The van der Waals surface area contributed by atoms with Gasteiger partial charge in [0.25, 0.3) is 11.8 Å². The molecule has 7 aromatic carbocycles. The van der Waals surface area contributed by atoms with Crippen LogP contribution in [0, 0.1) is 0 Å². The van der Waals surface area contributed by atoms with Crippen LogP contribution in [0.1, 0.15) is 41.4 Å². The predicted molar refractivity (Wildman–Crippen MR) is 180 cm³/mol. The van der Waals surface area contributed by atoms with Gasteiger partial charge in [-0.15, -0.1) is 0 Å². The van der Waals surface area contributed by atoms with Crippen LogP contribution in [0.3, 0.4) is 0 Å². The summed E-state index contributed by atoms with van der Waals surface area (Å²) in [5.74, 6) is -4.73. The summed E-state index contributed by atoms with van der Waals surface area (Å²) >= 11 is 12.0. The molecule has 0 fully saturated rings. The van der Waals surface area contributed by atoms with E-state index in [1.807, 2.05) is 24.3 Å². The molecule has 10 heteroatoms. The molecule has 0 aliphatic carbocycles. The summed E-state index contributed by atoms with van der Waals surface area (Å²) in [7, 11) is 0. The van der Waals surface area contributed by atoms with Crippen LogP contribution in [-0.4, -0.2) is 34.0 Å². The van der Waals surface area contributed by atoms with Crippen molar-refractivity contribution in [2.24, 2.45) is 0 Å². The van der Waals surface area contributed by atoms with E-state index < -0.39 is 40.4 Å². The molecule has 46 heavy (non-hydrogen) atoms. The summed E-state index contributed by atoms with van der Waals surface area (Å²) in [6, 6.07) is 26.7. The number of halogens is 2.